The molecule has 18 heavy (non-hydrogen) atoms. The molecule has 0 radical (unpaired) electrons. The van der Waals surface area contributed by atoms with Crippen LogP contribution in [0.15, 0.2) is 18.2 Å². The molecule has 94 valence electrons. The third-order valence-corrected chi connectivity index (χ3v) is 3.43. The number of fused-ring (bicyclic) bond motifs is 3. The van der Waals surface area contributed by atoms with E-state index in [0.29, 0.717) is 13.0 Å². The molecule has 3 rings (SSSR count). The Labute approximate surface area is 105 Å². The number of hydrogen-bond acceptors (Lipinski definition) is 2. The maximum Gasteiger partial charge on any atom is 0.303 e. The molecule has 0 fully saturated rings. The maximum absolute atomic E-state index is 10.6. The van der Waals surface area contributed by atoms with Crippen LogP contribution in [0.4, 0.5) is 0 Å². The quantitative estimate of drug-likeness (QED) is 0.871. The van der Waals surface area contributed by atoms with Crippen molar-refractivity contribution in [1.82, 2.24) is 4.98 Å². The van der Waals surface area contributed by atoms with Gasteiger partial charge in [0, 0.05) is 35.0 Å². The molecule has 2 heterocycles. The monoisotopic (exact) mass is 245 g/mol. The molecule has 0 spiro atoms. The van der Waals surface area contributed by atoms with E-state index in [2.05, 4.69) is 11.1 Å². The Morgan fingerprint density at radius 1 is 1.44 bits per heavy atom. The number of nitrogens with one attached hydrogen (secondary N) is 1. The predicted octanol–water partition coefficient (Wildman–Crippen LogP) is 2.26. The highest BCUT2D eigenvalue weighted by atomic mass is 16.5. The molecule has 0 atom stereocenters. The predicted molar refractivity (Wildman–Crippen MR) is 67.6 cm³/mol. The van der Waals surface area contributed by atoms with Gasteiger partial charge in [-0.3, -0.25) is 4.79 Å². The van der Waals surface area contributed by atoms with Gasteiger partial charge in [-0.05, 0) is 24.1 Å². The SMILES string of the molecule is O=C(O)CCc1ccc2[nH]c3c(c2c1)COCC3. The first-order valence-electron chi connectivity index (χ1n) is 6.16. The number of H-pyrrole nitrogens is 1. The topological polar surface area (TPSA) is 62.3 Å². The van der Waals surface area contributed by atoms with Crippen molar-refractivity contribution in [3.63, 3.8) is 0 Å². The van der Waals surface area contributed by atoms with Crippen molar-refractivity contribution >= 4 is 16.9 Å². The Kier molecular flexibility index (Phi) is 2.80. The summed E-state index contributed by atoms with van der Waals surface area (Å²) in [6.07, 6.45) is 1.68. The van der Waals surface area contributed by atoms with Crippen LogP contribution in [0.1, 0.15) is 23.2 Å². The molecule has 2 aromatic rings. The number of carbonyl (C=O) groups is 1. The second kappa shape index (κ2) is 4.46. The van der Waals surface area contributed by atoms with Crippen LogP contribution in [-0.4, -0.2) is 22.7 Å². The summed E-state index contributed by atoms with van der Waals surface area (Å²) in [6, 6.07) is 6.11. The molecule has 0 amide bonds. The van der Waals surface area contributed by atoms with Crippen LogP contribution in [0, 0.1) is 0 Å². The lowest BCUT2D eigenvalue weighted by Gasteiger charge is -2.11. The lowest BCUT2D eigenvalue weighted by molar-refractivity contribution is -0.136. The fraction of sp³-hybridized carbons (Fsp3) is 0.357. The van der Waals surface area contributed by atoms with E-state index in [1.165, 1.54) is 16.6 Å². The number of aromatic nitrogens is 1. The molecule has 1 aliphatic rings. The zero-order valence-corrected chi connectivity index (χ0v) is 10.0. The minimum absolute atomic E-state index is 0.175. The highest BCUT2D eigenvalue weighted by Crippen LogP contribution is 2.27. The summed E-state index contributed by atoms with van der Waals surface area (Å²) in [5.41, 5.74) is 4.67. The lowest BCUT2D eigenvalue weighted by atomic mass is 10.0. The van der Waals surface area contributed by atoms with Crippen molar-refractivity contribution in [2.45, 2.75) is 25.9 Å². The van der Waals surface area contributed by atoms with Crippen molar-refractivity contribution in [3.8, 4) is 0 Å². The van der Waals surface area contributed by atoms with Gasteiger partial charge < -0.3 is 14.8 Å². The molecule has 2 N–H and O–H groups in total. The number of benzene rings is 1. The first-order chi connectivity index (χ1) is 8.74. The molecule has 4 nitrogen and oxygen atoms in total. The van der Waals surface area contributed by atoms with Crippen molar-refractivity contribution in [2.75, 3.05) is 6.61 Å². The number of ether oxygens (including phenoxy) is 1. The first kappa shape index (κ1) is 11.3. The van der Waals surface area contributed by atoms with E-state index in [0.717, 1.165) is 24.1 Å². The van der Waals surface area contributed by atoms with Gasteiger partial charge in [0.1, 0.15) is 0 Å². The van der Waals surface area contributed by atoms with Crippen molar-refractivity contribution in [1.29, 1.82) is 0 Å². The van der Waals surface area contributed by atoms with Crippen LogP contribution in [0.5, 0.6) is 0 Å². The summed E-state index contributed by atoms with van der Waals surface area (Å²) in [7, 11) is 0. The molecule has 1 aromatic carbocycles. The summed E-state index contributed by atoms with van der Waals surface area (Å²) < 4.78 is 5.49. The smallest absolute Gasteiger partial charge is 0.303 e. The van der Waals surface area contributed by atoms with Crippen LogP contribution in [0.25, 0.3) is 10.9 Å². The molecular weight excluding hydrogens is 230 g/mol. The molecule has 0 saturated carbocycles. The number of hydrogen-bond donors (Lipinski definition) is 2. The lowest BCUT2D eigenvalue weighted by Crippen LogP contribution is -2.08. The van der Waals surface area contributed by atoms with Gasteiger partial charge in [0.25, 0.3) is 0 Å². The van der Waals surface area contributed by atoms with Gasteiger partial charge in [0.15, 0.2) is 0 Å². The number of aryl methyl sites for hydroxylation is 1. The Hall–Kier alpha value is -1.81. The summed E-state index contributed by atoms with van der Waals surface area (Å²) in [4.78, 5) is 14.0. The Morgan fingerprint density at radius 2 is 2.33 bits per heavy atom. The van der Waals surface area contributed by atoms with Gasteiger partial charge in [-0.25, -0.2) is 0 Å². The first-order valence-corrected chi connectivity index (χ1v) is 6.16. The average Bonchev–Trinajstić information content (AvgIpc) is 2.74. The number of carboxylic acids is 1. The molecule has 0 bridgehead atoms. The van der Waals surface area contributed by atoms with Crippen LogP contribution in [0.3, 0.4) is 0 Å². The van der Waals surface area contributed by atoms with Crippen molar-refractivity contribution < 1.29 is 14.6 Å². The third kappa shape index (κ3) is 1.99. The van der Waals surface area contributed by atoms with E-state index in [9.17, 15) is 4.79 Å². The van der Waals surface area contributed by atoms with Gasteiger partial charge in [0.05, 0.1) is 13.2 Å². The van der Waals surface area contributed by atoms with E-state index in [4.69, 9.17) is 9.84 Å². The van der Waals surface area contributed by atoms with E-state index < -0.39 is 5.97 Å². The Morgan fingerprint density at radius 3 is 3.17 bits per heavy atom. The normalized spacial score (nSPS) is 14.7. The van der Waals surface area contributed by atoms with Gasteiger partial charge in [-0.2, -0.15) is 0 Å². The largest absolute Gasteiger partial charge is 0.481 e. The van der Waals surface area contributed by atoms with Crippen LogP contribution in [-0.2, 0) is 29.0 Å². The minimum Gasteiger partial charge on any atom is -0.481 e. The number of aromatic amines is 1. The van der Waals surface area contributed by atoms with Crippen LogP contribution in [0.2, 0.25) is 0 Å². The zero-order valence-electron chi connectivity index (χ0n) is 10.0. The molecule has 4 heteroatoms. The fourth-order valence-corrected chi connectivity index (χ4v) is 2.48. The average molecular weight is 245 g/mol. The van der Waals surface area contributed by atoms with E-state index in [1.807, 2.05) is 12.1 Å². The summed E-state index contributed by atoms with van der Waals surface area (Å²) in [5, 5.41) is 9.89. The molecule has 1 aliphatic heterocycles. The second-order valence-corrected chi connectivity index (χ2v) is 4.66. The fourth-order valence-electron chi connectivity index (χ4n) is 2.48. The standard InChI is InChI=1S/C14H15NO3/c16-14(17)4-2-9-1-3-12-10(7-9)11-8-18-6-5-13(11)15-12/h1,3,7,15H,2,4-6,8H2,(H,16,17). The summed E-state index contributed by atoms with van der Waals surface area (Å²) in [6.45, 7) is 1.42. The van der Waals surface area contributed by atoms with Crippen LogP contribution < -0.4 is 0 Å². The second-order valence-electron chi connectivity index (χ2n) is 4.66. The molecule has 1 aromatic heterocycles. The molecule has 0 saturated heterocycles. The highest BCUT2D eigenvalue weighted by molar-refractivity contribution is 5.85. The van der Waals surface area contributed by atoms with Gasteiger partial charge in [0.2, 0.25) is 0 Å². The van der Waals surface area contributed by atoms with Crippen molar-refractivity contribution in [3.05, 3.63) is 35.0 Å². The molecule has 0 aliphatic carbocycles. The third-order valence-electron chi connectivity index (χ3n) is 3.43. The zero-order chi connectivity index (χ0) is 12.5. The highest BCUT2D eigenvalue weighted by Gasteiger charge is 2.15. The molecular formula is C14H15NO3. The van der Waals surface area contributed by atoms with Gasteiger partial charge >= 0.3 is 5.97 Å². The van der Waals surface area contributed by atoms with E-state index >= 15 is 0 Å². The molecule has 0 unspecified atom stereocenters. The van der Waals surface area contributed by atoms with Gasteiger partial charge in [-0.15, -0.1) is 0 Å². The Balaban J connectivity index is 1.97. The van der Waals surface area contributed by atoms with E-state index in [-0.39, 0.29) is 6.42 Å². The summed E-state index contributed by atoms with van der Waals surface area (Å²) >= 11 is 0. The van der Waals surface area contributed by atoms with Crippen LogP contribution >= 0.6 is 0 Å². The number of aliphatic carboxylic acids is 1. The Bertz CT molecular complexity index is 600. The van der Waals surface area contributed by atoms with Crippen molar-refractivity contribution in [2.24, 2.45) is 0 Å². The maximum atomic E-state index is 10.6. The minimum atomic E-state index is -0.755. The summed E-state index contributed by atoms with van der Waals surface area (Å²) in [5.74, 6) is -0.755. The van der Waals surface area contributed by atoms with E-state index in [1.54, 1.807) is 0 Å². The number of rotatable bonds is 3. The number of carboxylic acid groups (broad SMARTS) is 1. The van der Waals surface area contributed by atoms with Gasteiger partial charge in [-0.1, -0.05) is 6.07 Å².